The summed E-state index contributed by atoms with van der Waals surface area (Å²) >= 11 is 0. The van der Waals surface area contributed by atoms with Crippen LogP contribution in [0.1, 0.15) is 128 Å². The smallest absolute Gasteiger partial charge is 0.343 e. The zero-order valence-corrected chi connectivity index (χ0v) is 43.8. The minimum Gasteiger partial charge on any atom is -0.458 e. The lowest BCUT2D eigenvalue weighted by Crippen LogP contribution is -2.56. The number of nitrogens with one attached hydrogen (secondary N) is 4. The maximum Gasteiger partial charge on any atom is 0.343 e. The Morgan fingerprint density at radius 3 is 2.27 bits per heavy atom. The summed E-state index contributed by atoms with van der Waals surface area (Å²) in [4.78, 5) is 112. The molecule has 4 aliphatic heterocycles. The Morgan fingerprint density at radius 2 is 1.56 bits per heavy atom. The largest absolute Gasteiger partial charge is 0.458 e. The highest BCUT2D eigenvalue weighted by molar-refractivity contribution is 6.12. The van der Waals surface area contributed by atoms with E-state index in [-0.39, 0.29) is 99.5 Å². The first-order valence-electron chi connectivity index (χ1n) is 26.5. The van der Waals surface area contributed by atoms with Crippen molar-refractivity contribution in [2.75, 3.05) is 52.9 Å². The lowest BCUT2D eigenvalue weighted by Gasteiger charge is -2.31. The van der Waals surface area contributed by atoms with Gasteiger partial charge in [0.25, 0.3) is 17.4 Å². The molecule has 5 N–H and O–H groups in total. The molecule has 0 aliphatic carbocycles. The van der Waals surface area contributed by atoms with E-state index in [1.165, 1.54) is 12.2 Å². The second-order valence-electron chi connectivity index (χ2n) is 19.9. The Balaban J connectivity index is 0.922. The van der Waals surface area contributed by atoms with Crippen LogP contribution >= 0.6 is 0 Å². The number of cyclic esters (lactones) is 1. The number of imide groups is 1. The number of rotatable bonds is 29. The second-order valence-corrected chi connectivity index (χ2v) is 19.9. The molecule has 75 heavy (non-hydrogen) atoms. The number of benzene rings is 1. The maximum absolute atomic E-state index is 13.9. The van der Waals surface area contributed by atoms with E-state index in [9.17, 15) is 43.5 Å². The van der Waals surface area contributed by atoms with Gasteiger partial charge in [0.2, 0.25) is 30.4 Å². The first-order chi connectivity index (χ1) is 36.1. The number of pyridine rings is 2. The number of nitrogens with zero attached hydrogens (tertiary/aromatic N) is 4. The van der Waals surface area contributed by atoms with E-state index in [0.29, 0.717) is 73.3 Å². The predicted octanol–water partition coefficient (Wildman–Crippen LogP) is 3.35. The number of unbranched alkanes of at least 4 members (excludes halogenated alkanes) is 3. The van der Waals surface area contributed by atoms with Crippen molar-refractivity contribution in [1.82, 2.24) is 40.6 Å². The molecule has 21 nitrogen and oxygen atoms in total. The van der Waals surface area contributed by atoms with E-state index in [1.807, 2.05) is 6.07 Å². The molecule has 4 aliphatic rings. The average molecular weight is 1040 g/mol. The SMILES string of the molecule is CCCN(CCC)CCCC[C@H](NC(=O)[C@@H](NC(=O)CCCCCN1C(=O)C=CC1=O)C(C)C)C(=O)NCC(=O)NCOCCCc1c2c(nc3cc4c(cc13)OCO4)-c1cc3c(c(=O)n1C2)COC(=O)[C@]3(O)CC. The lowest BCUT2D eigenvalue weighted by atomic mass is 9.86. The summed E-state index contributed by atoms with van der Waals surface area (Å²) in [5, 5.41) is 23.2. The average Bonchev–Trinajstić information content (AvgIpc) is 4.13. The molecule has 0 radical (unpaired) electrons. The number of aliphatic hydroxyl groups is 1. The van der Waals surface area contributed by atoms with E-state index < -0.39 is 41.4 Å². The van der Waals surface area contributed by atoms with Gasteiger partial charge in [-0.25, -0.2) is 9.78 Å². The zero-order chi connectivity index (χ0) is 53.8. The Morgan fingerprint density at radius 1 is 0.827 bits per heavy atom. The number of hydrogen-bond donors (Lipinski definition) is 5. The van der Waals surface area contributed by atoms with Crippen molar-refractivity contribution in [3.05, 3.63) is 63.0 Å². The van der Waals surface area contributed by atoms with Crippen LogP contribution < -0.4 is 36.3 Å². The number of aryl methyl sites for hydroxylation is 1. The molecular formula is C54H72N8O13. The fourth-order valence-electron chi connectivity index (χ4n) is 10.1. The molecule has 0 bridgehead atoms. The molecule has 6 amide bonds. The third kappa shape index (κ3) is 13.2. The summed E-state index contributed by atoms with van der Waals surface area (Å²) in [6, 6.07) is 3.43. The van der Waals surface area contributed by atoms with Gasteiger partial charge in [-0.2, -0.15) is 0 Å². The summed E-state index contributed by atoms with van der Waals surface area (Å²) in [7, 11) is 0. The molecule has 2 aromatic heterocycles. The van der Waals surface area contributed by atoms with Crippen molar-refractivity contribution in [2.24, 2.45) is 5.92 Å². The van der Waals surface area contributed by atoms with Gasteiger partial charge in [-0.15, -0.1) is 0 Å². The van der Waals surface area contributed by atoms with Crippen LogP contribution in [0.3, 0.4) is 0 Å². The third-order valence-corrected chi connectivity index (χ3v) is 14.2. The van der Waals surface area contributed by atoms with Gasteiger partial charge in [0.15, 0.2) is 17.1 Å². The van der Waals surface area contributed by atoms with E-state index in [4.69, 9.17) is 23.9 Å². The van der Waals surface area contributed by atoms with Crippen LogP contribution in [0.25, 0.3) is 22.3 Å². The van der Waals surface area contributed by atoms with Gasteiger partial charge in [-0.1, -0.05) is 41.0 Å². The number of hydrogen-bond acceptors (Lipinski definition) is 15. The van der Waals surface area contributed by atoms with Crippen LogP contribution in [0.15, 0.2) is 35.1 Å². The third-order valence-electron chi connectivity index (χ3n) is 14.2. The molecule has 0 fully saturated rings. The Kier molecular flexibility index (Phi) is 19.2. The molecule has 0 spiro atoms. The molecule has 3 aromatic rings. The van der Waals surface area contributed by atoms with Gasteiger partial charge >= 0.3 is 5.97 Å². The van der Waals surface area contributed by atoms with Gasteiger partial charge < -0.3 is 54.8 Å². The molecule has 1 aromatic carbocycles. The Hall–Kier alpha value is -6.71. The number of carbonyl (C=O) groups is 7. The van der Waals surface area contributed by atoms with Gasteiger partial charge in [0, 0.05) is 54.3 Å². The monoisotopic (exact) mass is 1040 g/mol. The maximum atomic E-state index is 13.9. The summed E-state index contributed by atoms with van der Waals surface area (Å²) in [5.41, 5.74) is 1.46. The molecule has 406 valence electrons. The van der Waals surface area contributed by atoms with E-state index >= 15 is 0 Å². The molecule has 7 rings (SSSR count). The van der Waals surface area contributed by atoms with Crippen LogP contribution in [-0.4, -0.2) is 131 Å². The number of amides is 6. The van der Waals surface area contributed by atoms with Crippen molar-refractivity contribution in [2.45, 2.75) is 143 Å². The molecule has 6 heterocycles. The van der Waals surface area contributed by atoms with Gasteiger partial charge in [0.05, 0.1) is 35.6 Å². The van der Waals surface area contributed by atoms with E-state index in [0.717, 1.165) is 60.3 Å². The molecule has 0 unspecified atom stereocenters. The molecule has 21 heteroatoms. The van der Waals surface area contributed by atoms with Gasteiger partial charge in [-0.3, -0.25) is 38.5 Å². The number of ether oxygens (including phenoxy) is 4. The van der Waals surface area contributed by atoms with Gasteiger partial charge in [0.1, 0.15) is 25.4 Å². The molecule has 0 saturated heterocycles. The minimum absolute atomic E-state index is 0.0184. The lowest BCUT2D eigenvalue weighted by molar-refractivity contribution is -0.172. The summed E-state index contributed by atoms with van der Waals surface area (Å²) in [5.74, 6) is -2.60. The van der Waals surface area contributed by atoms with Crippen LogP contribution in [-0.2, 0) is 68.2 Å². The van der Waals surface area contributed by atoms with Crippen LogP contribution in [0.2, 0.25) is 0 Å². The molecular weight excluding hydrogens is 969 g/mol. The molecule has 0 saturated carbocycles. The first kappa shape index (κ1) is 56.0. The minimum atomic E-state index is -1.97. The summed E-state index contributed by atoms with van der Waals surface area (Å²) in [6.07, 6.45) is 9.02. The van der Waals surface area contributed by atoms with Gasteiger partial charge in [-0.05, 0) is 107 Å². The topological polar surface area (TPSA) is 266 Å². The van der Waals surface area contributed by atoms with Crippen molar-refractivity contribution >= 4 is 52.3 Å². The van der Waals surface area contributed by atoms with Crippen molar-refractivity contribution in [3.63, 3.8) is 0 Å². The van der Waals surface area contributed by atoms with Crippen molar-refractivity contribution in [1.29, 1.82) is 0 Å². The van der Waals surface area contributed by atoms with Crippen LogP contribution in [0, 0.1) is 5.92 Å². The Bertz CT molecular complexity index is 2710. The fourth-order valence-corrected chi connectivity index (χ4v) is 10.1. The Labute approximate surface area is 436 Å². The number of esters is 1. The fraction of sp³-hybridized carbons (Fsp3) is 0.574. The van der Waals surface area contributed by atoms with Crippen LogP contribution in [0.5, 0.6) is 11.5 Å². The normalized spacial score (nSPS) is 17.0. The first-order valence-corrected chi connectivity index (χ1v) is 26.5. The highest BCUT2D eigenvalue weighted by Gasteiger charge is 2.45. The van der Waals surface area contributed by atoms with Crippen molar-refractivity contribution in [3.8, 4) is 22.9 Å². The highest BCUT2D eigenvalue weighted by atomic mass is 16.7. The van der Waals surface area contributed by atoms with Crippen molar-refractivity contribution < 1.29 is 57.6 Å². The number of aromatic nitrogens is 2. The van der Waals surface area contributed by atoms with E-state index in [1.54, 1.807) is 37.5 Å². The van der Waals surface area contributed by atoms with E-state index in [2.05, 4.69) is 40.0 Å². The zero-order valence-electron chi connectivity index (χ0n) is 43.8. The number of fused-ring (bicyclic) bond motifs is 6. The quantitative estimate of drug-likeness (QED) is 0.0226. The predicted molar refractivity (Wildman–Crippen MR) is 275 cm³/mol. The summed E-state index contributed by atoms with van der Waals surface area (Å²) in [6.45, 7) is 12.3. The molecule has 3 atom stereocenters. The standard InChI is InChI=1S/C54H72N8O13/c1-6-20-60(21-7-2)22-13-11-16-39(58-51(68)48(33(4)5)59-44(63)17-10-9-12-23-61-46(65)18-19-47(61)66)50(67)55-28-45(64)56-31-72-24-14-15-34-35-25-42-43(75-32-74-42)27-40(35)57-49-36(34)29-62-41(49)26-38-37(52(62)69)30-73-53(70)54(38,71)8-3/h18-19,25-27,33,39,48,71H,6-17,20-24,28-32H2,1-5H3,(H,55,67)(H,56,64)(H,58,68)(H,59,63)/t39-,48-,54-/m0/s1. The van der Waals surface area contributed by atoms with Crippen LogP contribution in [0.4, 0.5) is 0 Å². The second kappa shape index (κ2) is 25.7. The highest BCUT2D eigenvalue weighted by Crippen LogP contribution is 2.43. The number of carbonyl (C=O) groups excluding carboxylic acids is 7. The summed E-state index contributed by atoms with van der Waals surface area (Å²) < 4.78 is 24.0.